The normalized spacial score (nSPS) is 16.3. The Balaban J connectivity index is 1.29. The number of aldehydes is 1. The minimum absolute atomic E-state index is 0.551. The van der Waals surface area contributed by atoms with Crippen LogP contribution in [0.2, 0.25) is 0 Å². The smallest absolute Gasteiger partial charge is 0.150 e. The third-order valence-corrected chi connectivity index (χ3v) is 6.57. The van der Waals surface area contributed by atoms with Crippen molar-refractivity contribution in [2.45, 2.75) is 39.0 Å². The average Bonchev–Trinajstić information content (AvgIpc) is 3.12. The number of carbonyl (C=O) groups excluding carboxylic acids is 1. The fraction of sp³-hybridized carbons (Fsp3) is 0.280. The molecule has 1 atom stereocenters. The summed E-state index contributed by atoms with van der Waals surface area (Å²) >= 11 is 1.81. The number of benzene rings is 1. The Labute approximate surface area is 170 Å². The molecule has 1 aromatic carbocycles. The van der Waals surface area contributed by atoms with Crippen LogP contribution >= 0.6 is 11.3 Å². The van der Waals surface area contributed by atoms with Gasteiger partial charge in [0, 0.05) is 27.5 Å². The van der Waals surface area contributed by atoms with E-state index in [1.165, 1.54) is 32.5 Å². The third kappa shape index (κ3) is 4.31. The van der Waals surface area contributed by atoms with Gasteiger partial charge in [0.2, 0.25) is 0 Å². The zero-order valence-corrected chi connectivity index (χ0v) is 17.0. The zero-order valence-electron chi connectivity index (χ0n) is 16.2. The van der Waals surface area contributed by atoms with Crippen LogP contribution in [0.3, 0.4) is 0 Å². The van der Waals surface area contributed by atoms with Crippen molar-refractivity contribution in [2.75, 3.05) is 0 Å². The first-order valence-corrected chi connectivity index (χ1v) is 10.8. The van der Waals surface area contributed by atoms with E-state index in [1.54, 1.807) is 0 Å². The van der Waals surface area contributed by atoms with Crippen LogP contribution in [0.15, 0.2) is 65.7 Å². The monoisotopic (exact) mass is 387 g/mol. The number of pyridine rings is 1. The molecule has 0 saturated carbocycles. The standard InChI is InChI=1S/C25H25NOS/c1-18-17-28-24-13-14-26-23(25(18)24)4-2-3-19-5-7-20(8-6-19)15-21-9-11-22(16-27)12-10-21/h5-7,9-14,16-17,20H,2-4,8,15H2,1H3. The van der Waals surface area contributed by atoms with Gasteiger partial charge in [-0.1, -0.05) is 48.1 Å². The molecule has 0 saturated heterocycles. The van der Waals surface area contributed by atoms with E-state index in [0.717, 1.165) is 44.0 Å². The fourth-order valence-corrected chi connectivity index (χ4v) is 4.90. The van der Waals surface area contributed by atoms with Crippen molar-refractivity contribution in [3.05, 3.63) is 88.1 Å². The molecule has 2 nitrogen and oxygen atoms in total. The number of carbonyl (C=O) groups is 1. The molecule has 4 rings (SSSR count). The van der Waals surface area contributed by atoms with E-state index in [2.05, 4.69) is 53.7 Å². The first-order valence-electron chi connectivity index (χ1n) is 9.96. The zero-order chi connectivity index (χ0) is 19.3. The van der Waals surface area contributed by atoms with Gasteiger partial charge in [0.15, 0.2) is 0 Å². The molecule has 2 heterocycles. The van der Waals surface area contributed by atoms with Gasteiger partial charge >= 0.3 is 0 Å². The first-order chi connectivity index (χ1) is 13.7. The predicted octanol–water partition coefficient (Wildman–Crippen LogP) is 6.49. The number of aryl methyl sites for hydroxylation is 2. The van der Waals surface area contributed by atoms with Gasteiger partial charge in [0.05, 0.1) is 0 Å². The summed E-state index contributed by atoms with van der Waals surface area (Å²) in [7, 11) is 0. The second-order valence-corrected chi connectivity index (χ2v) is 8.51. The lowest BCUT2D eigenvalue weighted by atomic mass is 9.89. The number of aromatic nitrogens is 1. The van der Waals surface area contributed by atoms with Crippen LogP contribution in [0.25, 0.3) is 10.1 Å². The van der Waals surface area contributed by atoms with Crippen molar-refractivity contribution in [1.82, 2.24) is 4.98 Å². The van der Waals surface area contributed by atoms with Crippen LogP contribution in [0.1, 0.15) is 46.4 Å². The lowest BCUT2D eigenvalue weighted by Gasteiger charge is -2.16. The van der Waals surface area contributed by atoms with Gasteiger partial charge in [-0.3, -0.25) is 9.78 Å². The van der Waals surface area contributed by atoms with Gasteiger partial charge in [-0.15, -0.1) is 11.3 Å². The molecule has 1 unspecified atom stereocenters. The number of hydrogen-bond donors (Lipinski definition) is 0. The minimum atomic E-state index is 0.551. The van der Waals surface area contributed by atoms with Crippen molar-refractivity contribution >= 4 is 27.7 Å². The summed E-state index contributed by atoms with van der Waals surface area (Å²) < 4.78 is 1.35. The van der Waals surface area contributed by atoms with Gasteiger partial charge < -0.3 is 0 Å². The van der Waals surface area contributed by atoms with E-state index < -0.39 is 0 Å². The average molecular weight is 388 g/mol. The molecule has 0 bridgehead atoms. The number of hydrogen-bond acceptors (Lipinski definition) is 3. The van der Waals surface area contributed by atoms with Crippen LogP contribution in [-0.2, 0) is 12.8 Å². The molecule has 0 aliphatic heterocycles. The van der Waals surface area contributed by atoms with Crippen LogP contribution < -0.4 is 0 Å². The van der Waals surface area contributed by atoms with Gasteiger partial charge in [0.25, 0.3) is 0 Å². The Bertz CT molecular complexity index is 1030. The number of thiophene rings is 1. The molecule has 1 aliphatic carbocycles. The molecule has 142 valence electrons. The maximum absolute atomic E-state index is 10.8. The molecule has 3 heteroatoms. The number of fused-ring (bicyclic) bond motifs is 1. The van der Waals surface area contributed by atoms with Crippen LogP contribution in [-0.4, -0.2) is 11.3 Å². The molecule has 3 aromatic rings. The SMILES string of the molecule is Cc1csc2ccnc(CCCC3=CCC(Cc4ccc(C=O)cc4)C=C3)c12. The van der Waals surface area contributed by atoms with Crippen molar-refractivity contribution in [3.63, 3.8) is 0 Å². The molecule has 0 spiro atoms. The molecule has 0 N–H and O–H groups in total. The lowest BCUT2D eigenvalue weighted by molar-refractivity contribution is 0.112. The number of rotatable bonds is 7. The van der Waals surface area contributed by atoms with Gasteiger partial charge in [-0.05, 0) is 67.5 Å². The van der Waals surface area contributed by atoms with E-state index in [4.69, 9.17) is 0 Å². The molecule has 28 heavy (non-hydrogen) atoms. The number of nitrogens with zero attached hydrogens (tertiary/aromatic N) is 1. The maximum Gasteiger partial charge on any atom is 0.150 e. The topological polar surface area (TPSA) is 30.0 Å². The molecule has 2 aromatic heterocycles. The molecule has 0 amide bonds. The molecular weight excluding hydrogens is 362 g/mol. The van der Waals surface area contributed by atoms with Crippen molar-refractivity contribution in [1.29, 1.82) is 0 Å². The third-order valence-electron chi connectivity index (χ3n) is 5.51. The van der Waals surface area contributed by atoms with E-state index in [-0.39, 0.29) is 0 Å². The first kappa shape index (κ1) is 18.8. The summed E-state index contributed by atoms with van der Waals surface area (Å²) in [5.41, 5.74) is 6.08. The highest BCUT2D eigenvalue weighted by molar-refractivity contribution is 7.17. The molecule has 1 aliphatic rings. The van der Waals surface area contributed by atoms with Gasteiger partial charge in [-0.25, -0.2) is 0 Å². The second-order valence-electron chi connectivity index (χ2n) is 7.60. The second kappa shape index (κ2) is 8.66. The largest absolute Gasteiger partial charge is 0.298 e. The Morgan fingerprint density at radius 1 is 1.18 bits per heavy atom. The summed E-state index contributed by atoms with van der Waals surface area (Å²) in [6, 6.07) is 10.1. The summed E-state index contributed by atoms with van der Waals surface area (Å²) in [4.78, 5) is 15.4. The Kier molecular flexibility index (Phi) is 5.82. The van der Waals surface area contributed by atoms with Crippen molar-refractivity contribution in [2.24, 2.45) is 5.92 Å². The Hall–Kier alpha value is -2.52. The van der Waals surface area contributed by atoms with E-state index in [9.17, 15) is 4.79 Å². The minimum Gasteiger partial charge on any atom is -0.298 e. The van der Waals surface area contributed by atoms with Crippen LogP contribution in [0.4, 0.5) is 0 Å². The summed E-state index contributed by atoms with van der Waals surface area (Å²) in [5, 5.41) is 3.59. The van der Waals surface area contributed by atoms with E-state index >= 15 is 0 Å². The highest BCUT2D eigenvalue weighted by Gasteiger charge is 2.11. The Morgan fingerprint density at radius 3 is 2.79 bits per heavy atom. The van der Waals surface area contributed by atoms with Crippen molar-refractivity contribution < 1.29 is 4.79 Å². The summed E-state index contributed by atoms with van der Waals surface area (Å²) in [6.07, 6.45) is 15.3. The lowest BCUT2D eigenvalue weighted by Crippen LogP contribution is -2.04. The summed E-state index contributed by atoms with van der Waals surface area (Å²) in [5.74, 6) is 0.551. The molecular formula is C25H25NOS. The maximum atomic E-state index is 10.8. The predicted molar refractivity (Wildman–Crippen MR) is 118 cm³/mol. The van der Waals surface area contributed by atoms with Crippen molar-refractivity contribution in [3.8, 4) is 0 Å². The summed E-state index contributed by atoms with van der Waals surface area (Å²) in [6.45, 7) is 2.18. The molecule has 0 radical (unpaired) electrons. The number of allylic oxidation sites excluding steroid dienone is 4. The van der Waals surface area contributed by atoms with Crippen LogP contribution in [0.5, 0.6) is 0 Å². The molecule has 0 fully saturated rings. The van der Waals surface area contributed by atoms with E-state index in [0.29, 0.717) is 5.92 Å². The fourth-order valence-electron chi connectivity index (χ4n) is 3.95. The van der Waals surface area contributed by atoms with Crippen LogP contribution in [0, 0.1) is 12.8 Å². The Morgan fingerprint density at radius 2 is 2.04 bits per heavy atom. The van der Waals surface area contributed by atoms with Gasteiger partial charge in [0.1, 0.15) is 6.29 Å². The van der Waals surface area contributed by atoms with Gasteiger partial charge in [-0.2, -0.15) is 0 Å². The quantitative estimate of drug-likeness (QED) is 0.434. The highest BCUT2D eigenvalue weighted by Crippen LogP contribution is 2.29. The van der Waals surface area contributed by atoms with E-state index in [1.807, 2.05) is 29.7 Å². The highest BCUT2D eigenvalue weighted by atomic mass is 32.1.